The van der Waals surface area contributed by atoms with Gasteiger partial charge in [0.15, 0.2) is 28.9 Å². The molecule has 0 saturated carbocycles. The van der Waals surface area contributed by atoms with Crippen molar-refractivity contribution in [1.82, 2.24) is 25.0 Å². The van der Waals surface area contributed by atoms with E-state index in [0.29, 0.717) is 13.0 Å². The Bertz CT molecular complexity index is 1540. The molecule has 1 aliphatic rings. The molecule has 1 aromatic carbocycles. The number of rotatable bonds is 9. The topological polar surface area (TPSA) is 142 Å². The van der Waals surface area contributed by atoms with Gasteiger partial charge in [0.25, 0.3) is 5.91 Å². The first kappa shape index (κ1) is 29.4. The molecule has 3 N–H and O–H groups in total. The number of nitrogen functional groups attached to an aromatic ring is 1. The second-order valence-electron chi connectivity index (χ2n) is 10.1. The lowest BCUT2D eigenvalue weighted by Gasteiger charge is -2.17. The Balaban J connectivity index is 2.12. The van der Waals surface area contributed by atoms with Crippen LogP contribution in [0.15, 0.2) is 18.7 Å². The number of amides is 2. The van der Waals surface area contributed by atoms with Gasteiger partial charge >= 0.3 is 0 Å². The number of hydrogen-bond donors (Lipinski definition) is 2. The zero-order valence-corrected chi connectivity index (χ0v) is 23.5. The number of carbonyl (C=O) groups is 3. The van der Waals surface area contributed by atoms with E-state index in [1.54, 1.807) is 0 Å². The summed E-state index contributed by atoms with van der Waals surface area (Å²) in [6.45, 7) is 9.35. The molecule has 13 heteroatoms. The minimum absolute atomic E-state index is 0.0358. The molecule has 4 rings (SSSR count). The summed E-state index contributed by atoms with van der Waals surface area (Å²) in [7, 11) is 2.43. The molecule has 0 radical (unpaired) electrons. The van der Waals surface area contributed by atoms with E-state index in [1.165, 1.54) is 36.8 Å². The van der Waals surface area contributed by atoms with Crippen LogP contribution in [-0.2, 0) is 4.79 Å². The van der Waals surface area contributed by atoms with Gasteiger partial charge < -0.3 is 25.4 Å². The number of ketones is 1. The fourth-order valence-corrected chi connectivity index (χ4v) is 4.92. The van der Waals surface area contributed by atoms with Crippen LogP contribution in [0, 0.1) is 17.6 Å². The van der Waals surface area contributed by atoms with Gasteiger partial charge in [-0.05, 0) is 18.4 Å². The van der Waals surface area contributed by atoms with Crippen molar-refractivity contribution in [3.05, 3.63) is 41.6 Å². The summed E-state index contributed by atoms with van der Waals surface area (Å²) in [5, 5.41) is 7.34. The first-order chi connectivity index (χ1) is 19.4. The number of Topliss-reactive ketones (excluding diaryl/α,β-unsaturated/α-hetero) is 1. The Morgan fingerprint density at radius 1 is 1.22 bits per heavy atom. The first-order valence-corrected chi connectivity index (χ1v) is 13.0. The highest BCUT2D eigenvalue weighted by molar-refractivity contribution is 6.17. The van der Waals surface area contributed by atoms with Gasteiger partial charge in [-0.15, -0.1) is 0 Å². The molecule has 1 aliphatic heterocycles. The van der Waals surface area contributed by atoms with E-state index >= 15 is 8.78 Å². The molecule has 3 aromatic rings. The maximum Gasteiger partial charge on any atom is 0.255 e. The number of halogens is 2. The van der Waals surface area contributed by atoms with Gasteiger partial charge in [0.1, 0.15) is 17.2 Å². The van der Waals surface area contributed by atoms with E-state index in [4.69, 9.17) is 15.2 Å². The molecule has 11 nitrogen and oxygen atoms in total. The number of likely N-dealkylation sites (tertiary alicyclic amines) is 1. The van der Waals surface area contributed by atoms with Crippen LogP contribution in [0.3, 0.4) is 0 Å². The van der Waals surface area contributed by atoms with E-state index in [0.717, 1.165) is 6.07 Å². The van der Waals surface area contributed by atoms with Crippen molar-refractivity contribution in [2.75, 3.05) is 39.6 Å². The van der Waals surface area contributed by atoms with Crippen molar-refractivity contribution >= 4 is 34.3 Å². The van der Waals surface area contributed by atoms with Crippen LogP contribution in [0.25, 0.3) is 22.2 Å². The molecule has 3 heterocycles. The SMILES string of the molecule is C=CC(=O)N1CC[C@H](n2nc(-c3c(F)c(OC)cc(OC)c3F)c3c(N)nc(C(C)=O)c(C(=O)NCC(C)C)c32)C1. The molecule has 1 atom stereocenters. The third-order valence-electron chi connectivity index (χ3n) is 6.91. The lowest BCUT2D eigenvalue weighted by atomic mass is 10.0. The standard InChI is InChI=1S/C28H32F2N6O5/c1-7-18(38)35-9-8-15(12-35)36-26-20(25(34-36)19-22(29)16(40-5)10-17(41-6)23(19)30)27(31)33-24(14(4)37)21(26)28(39)32-11-13(2)3/h7,10,13,15H,1,8-9,11-12H2,2-6H3,(H2,31,33)(H,32,39)/t15-/m0/s1. The third-order valence-corrected chi connectivity index (χ3v) is 6.91. The number of nitrogens with one attached hydrogen (secondary N) is 1. The normalized spacial score (nSPS) is 14.9. The molecule has 2 amide bonds. The van der Waals surface area contributed by atoms with Crippen molar-refractivity contribution in [2.45, 2.75) is 33.2 Å². The molecule has 0 unspecified atom stereocenters. The van der Waals surface area contributed by atoms with E-state index in [2.05, 4.69) is 22.0 Å². The van der Waals surface area contributed by atoms with Gasteiger partial charge in [0, 0.05) is 32.6 Å². The summed E-state index contributed by atoms with van der Waals surface area (Å²) in [6, 6.07) is 0.524. The largest absolute Gasteiger partial charge is 0.494 e. The van der Waals surface area contributed by atoms with Gasteiger partial charge in [-0.2, -0.15) is 5.10 Å². The van der Waals surface area contributed by atoms with Crippen LogP contribution in [0.5, 0.6) is 11.5 Å². The quantitative estimate of drug-likeness (QED) is 0.294. The fourth-order valence-electron chi connectivity index (χ4n) is 4.92. The van der Waals surface area contributed by atoms with Gasteiger partial charge in [-0.25, -0.2) is 13.8 Å². The molecule has 0 spiro atoms. The molecule has 2 aromatic heterocycles. The number of ether oxygens (including phenoxy) is 2. The zero-order valence-electron chi connectivity index (χ0n) is 23.5. The molecule has 1 fully saturated rings. The monoisotopic (exact) mass is 570 g/mol. The summed E-state index contributed by atoms with van der Waals surface area (Å²) >= 11 is 0. The molecular weight excluding hydrogens is 538 g/mol. The summed E-state index contributed by atoms with van der Waals surface area (Å²) in [5.41, 5.74) is 5.18. The van der Waals surface area contributed by atoms with Crippen molar-refractivity contribution < 1.29 is 32.6 Å². The summed E-state index contributed by atoms with van der Waals surface area (Å²) in [6.07, 6.45) is 1.58. The van der Waals surface area contributed by atoms with Crippen LogP contribution in [-0.4, -0.2) is 71.1 Å². The van der Waals surface area contributed by atoms with Crippen LogP contribution in [0.1, 0.15) is 54.1 Å². The second-order valence-corrected chi connectivity index (χ2v) is 10.1. The zero-order chi connectivity index (χ0) is 30.2. The van der Waals surface area contributed by atoms with Gasteiger partial charge in [0.2, 0.25) is 5.91 Å². The van der Waals surface area contributed by atoms with Crippen LogP contribution < -0.4 is 20.5 Å². The van der Waals surface area contributed by atoms with E-state index in [-0.39, 0.29) is 70.1 Å². The lowest BCUT2D eigenvalue weighted by Crippen LogP contribution is -2.30. The van der Waals surface area contributed by atoms with Crippen LogP contribution in [0.2, 0.25) is 0 Å². The molecule has 0 bridgehead atoms. The number of anilines is 1. The van der Waals surface area contributed by atoms with Gasteiger partial charge in [-0.1, -0.05) is 20.4 Å². The average Bonchev–Trinajstić information content (AvgIpc) is 3.57. The highest BCUT2D eigenvalue weighted by atomic mass is 19.1. The predicted molar refractivity (Wildman–Crippen MR) is 148 cm³/mol. The molecule has 41 heavy (non-hydrogen) atoms. The number of nitrogens with zero attached hydrogens (tertiary/aromatic N) is 4. The summed E-state index contributed by atoms with van der Waals surface area (Å²) < 4.78 is 43.1. The Kier molecular flexibility index (Phi) is 8.27. The number of nitrogens with two attached hydrogens (primary N) is 1. The highest BCUT2D eigenvalue weighted by Gasteiger charge is 2.35. The van der Waals surface area contributed by atoms with Crippen molar-refractivity contribution in [3.8, 4) is 22.8 Å². The Labute approximate surface area is 235 Å². The maximum atomic E-state index is 15.7. The number of benzene rings is 1. The van der Waals surface area contributed by atoms with E-state index in [1.807, 2.05) is 13.8 Å². The number of carbonyl (C=O) groups excluding carboxylic acids is 3. The lowest BCUT2D eigenvalue weighted by molar-refractivity contribution is -0.125. The minimum atomic E-state index is -1.08. The maximum absolute atomic E-state index is 15.7. The Morgan fingerprint density at radius 2 is 1.85 bits per heavy atom. The van der Waals surface area contributed by atoms with E-state index < -0.39 is 34.9 Å². The van der Waals surface area contributed by atoms with Crippen molar-refractivity contribution in [3.63, 3.8) is 0 Å². The number of methoxy groups -OCH3 is 2. The molecule has 1 saturated heterocycles. The Hall–Kier alpha value is -4.55. The van der Waals surface area contributed by atoms with Gasteiger partial charge in [0.05, 0.1) is 42.3 Å². The average molecular weight is 571 g/mol. The smallest absolute Gasteiger partial charge is 0.255 e. The van der Waals surface area contributed by atoms with Gasteiger partial charge in [-0.3, -0.25) is 19.1 Å². The van der Waals surface area contributed by atoms with Crippen LogP contribution >= 0.6 is 0 Å². The number of fused-ring (bicyclic) bond motifs is 1. The number of pyridine rings is 1. The molecular formula is C28H32F2N6O5. The Morgan fingerprint density at radius 3 is 2.39 bits per heavy atom. The summed E-state index contributed by atoms with van der Waals surface area (Å²) in [5.74, 6) is -4.44. The highest BCUT2D eigenvalue weighted by Crippen LogP contribution is 2.43. The number of aromatic nitrogens is 3. The fraction of sp³-hybridized carbons (Fsp3) is 0.393. The van der Waals surface area contributed by atoms with Crippen molar-refractivity contribution in [2.24, 2.45) is 5.92 Å². The third kappa shape index (κ3) is 5.19. The molecule has 0 aliphatic carbocycles. The van der Waals surface area contributed by atoms with Crippen molar-refractivity contribution in [1.29, 1.82) is 0 Å². The first-order valence-electron chi connectivity index (χ1n) is 13.0. The van der Waals surface area contributed by atoms with Crippen LogP contribution in [0.4, 0.5) is 14.6 Å². The number of hydrogen-bond acceptors (Lipinski definition) is 8. The molecule has 218 valence electrons. The minimum Gasteiger partial charge on any atom is -0.494 e. The predicted octanol–water partition coefficient (Wildman–Crippen LogP) is 3.52. The second kappa shape index (κ2) is 11.5. The summed E-state index contributed by atoms with van der Waals surface area (Å²) in [4.78, 5) is 44.4. The van der Waals surface area contributed by atoms with E-state index in [9.17, 15) is 14.4 Å².